The Labute approximate surface area is 144 Å². The summed E-state index contributed by atoms with van der Waals surface area (Å²) >= 11 is 5.36. The molecule has 0 aliphatic rings. The maximum Gasteiger partial charge on any atom is 0.336 e. The van der Waals surface area contributed by atoms with Crippen LogP contribution in [-0.2, 0) is 0 Å². The third-order valence-corrected chi connectivity index (χ3v) is 3.98. The summed E-state index contributed by atoms with van der Waals surface area (Å²) in [5.41, 5.74) is 2.92. The van der Waals surface area contributed by atoms with Crippen molar-refractivity contribution in [3.05, 3.63) is 70.3 Å². The molecule has 0 fully saturated rings. The molecule has 6 heteroatoms. The second-order valence-electron chi connectivity index (χ2n) is 5.56. The maximum absolute atomic E-state index is 11.5. The standard InChI is InChI=1S/C18H17N3O2S/c1-11-9-17(22)23-16-10-14(3-4-15(11)16)21-18(24)20-12(2)13-5-7-19-8-6-13/h3-10,12H,1-2H3,(H2,20,21,24)/t12-/m1/s1. The minimum atomic E-state index is -0.357. The highest BCUT2D eigenvalue weighted by Gasteiger charge is 2.08. The molecule has 0 aliphatic heterocycles. The Balaban J connectivity index is 1.75. The van der Waals surface area contributed by atoms with Crippen molar-refractivity contribution < 1.29 is 4.42 Å². The van der Waals surface area contributed by atoms with E-state index in [1.165, 1.54) is 6.07 Å². The van der Waals surface area contributed by atoms with Crippen molar-refractivity contribution in [2.24, 2.45) is 0 Å². The minimum Gasteiger partial charge on any atom is -0.423 e. The summed E-state index contributed by atoms with van der Waals surface area (Å²) in [5, 5.41) is 7.73. The predicted octanol–water partition coefficient (Wildman–Crippen LogP) is 3.54. The Bertz CT molecular complexity index is 938. The first kappa shape index (κ1) is 16.1. The van der Waals surface area contributed by atoms with Gasteiger partial charge in [0.05, 0.1) is 6.04 Å². The monoisotopic (exact) mass is 339 g/mol. The summed E-state index contributed by atoms with van der Waals surface area (Å²) in [5.74, 6) is 0. The molecule has 2 heterocycles. The van der Waals surface area contributed by atoms with Crippen LogP contribution in [0, 0.1) is 6.92 Å². The van der Waals surface area contributed by atoms with Crippen LogP contribution in [-0.4, -0.2) is 10.1 Å². The second kappa shape index (κ2) is 6.80. The number of rotatable bonds is 3. The summed E-state index contributed by atoms with van der Waals surface area (Å²) in [6, 6.07) is 11.0. The van der Waals surface area contributed by atoms with E-state index in [0.717, 1.165) is 22.2 Å². The van der Waals surface area contributed by atoms with Gasteiger partial charge < -0.3 is 15.1 Å². The number of nitrogens with one attached hydrogen (secondary N) is 2. The fourth-order valence-electron chi connectivity index (χ4n) is 2.50. The van der Waals surface area contributed by atoms with Crippen LogP contribution in [0.15, 0.2) is 58.0 Å². The first-order valence-corrected chi connectivity index (χ1v) is 7.96. The van der Waals surface area contributed by atoms with Crippen molar-refractivity contribution in [1.82, 2.24) is 10.3 Å². The largest absolute Gasteiger partial charge is 0.423 e. The van der Waals surface area contributed by atoms with Crippen LogP contribution >= 0.6 is 12.2 Å². The summed E-state index contributed by atoms with van der Waals surface area (Å²) < 4.78 is 5.25. The molecular weight excluding hydrogens is 322 g/mol. The second-order valence-corrected chi connectivity index (χ2v) is 5.97. The van der Waals surface area contributed by atoms with Crippen LogP contribution in [0.3, 0.4) is 0 Å². The zero-order valence-corrected chi connectivity index (χ0v) is 14.2. The highest BCUT2D eigenvalue weighted by molar-refractivity contribution is 7.80. The van der Waals surface area contributed by atoms with E-state index in [1.807, 2.05) is 38.1 Å². The lowest BCUT2D eigenvalue weighted by Gasteiger charge is -2.17. The van der Waals surface area contributed by atoms with Gasteiger partial charge >= 0.3 is 5.63 Å². The Kier molecular flexibility index (Phi) is 4.57. The molecule has 0 radical (unpaired) electrons. The molecule has 0 bridgehead atoms. The Morgan fingerprint density at radius 1 is 1.21 bits per heavy atom. The Hall–Kier alpha value is -2.73. The first-order chi connectivity index (χ1) is 11.5. The Morgan fingerprint density at radius 2 is 1.96 bits per heavy atom. The number of anilines is 1. The number of benzene rings is 1. The van der Waals surface area contributed by atoms with E-state index in [0.29, 0.717) is 10.7 Å². The fraction of sp³-hybridized carbons (Fsp3) is 0.167. The van der Waals surface area contributed by atoms with Crippen molar-refractivity contribution in [1.29, 1.82) is 0 Å². The molecule has 0 amide bonds. The van der Waals surface area contributed by atoms with Gasteiger partial charge in [0.1, 0.15) is 5.58 Å². The number of hydrogen-bond acceptors (Lipinski definition) is 4. The lowest BCUT2D eigenvalue weighted by molar-refractivity contribution is 0.560. The average molecular weight is 339 g/mol. The Morgan fingerprint density at radius 3 is 2.71 bits per heavy atom. The smallest absolute Gasteiger partial charge is 0.336 e. The first-order valence-electron chi connectivity index (χ1n) is 7.55. The number of aromatic nitrogens is 1. The molecule has 0 saturated carbocycles. The van der Waals surface area contributed by atoms with Crippen molar-refractivity contribution in [3.8, 4) is 0 Å². The minimum absolute atomic E-state index is 0.0497. The number of aryl methyl sites for hydroxylation is 1. The molecule has 122 valence electrons. The van der Waals surface area contributed by atoms with Gasteiger partial charge in [-0.05, 0) is 61.5 Å². The van der Waals surface area contributed by atoms with Crippen molar-refractivity contribution in [2.75, 3.05) is 5.32 Å². The molecule has 1 atom stereocenters. The summed E-state index contributed by atoms with van der Waals surface area (Å²) in [7, 11) is 0. The summed E-state index contributed by atoms with van der Waals surface area (Å²) in [4.78, 5) is 15.5. The summed E-state index contributed by atoms with van der Waals surface area (Å²) in [6.07, 6.45) is 3.50. The van der Waals surface area contributed by atoms with E-state index in [2.05, 4.69) is 15.6 Å². The van der Waals surface area contributed by atoms with E-state index in [-0.39, 0.29) is 11.7 Å². The van der Waals surface area contributed by atoms with E-state index in [9.17, 15) is 4.79 Å². The highest BCUT2D eigenvalue weighted by Crippen LogP contribution is 2.21. The molecule has 3 aromatic rings. The van der Waals surface area contributed by atoms with Gasteiger partial charge in [-0.25, -0.2) is 4.79 Å². The van der Waals surface area contributed by atoms with Crippen molar-refractivity contribution in [3.63, 3.8) is 0 Å². The van der Waals surface area contributed by atoms with Gasteiger partial charge in [-0.2, -0.15) is 0 Å². The molecule has 0 spiro atoms. The third kappa shape index (κ3) is 3.60. The molecule has 2 N–H and O–H groups in total. The van der Waals surface area contributed by atoms with Gasteiger partial charge in [-0.15, -0.1) is 0 Å². The van der Waals surface area contributed by atoms with Gasteiger partial charge in [0.25, 0.3) is 0 Å². The van der Waals surface area contributed by atoms with E-state index < -0.39 is 0 Å². The number of pyridine rings is 1. The van der Waals surface area contributed by atoms with Crippen LogP contribution in [0.1, 0.15) is 24.1 Å². The normalized spacial score (nSPS) is 11.9. The van der Waals surface area contributed by atoms with E-state index in [1.54, 1.807) is 18.5 Å². The van der Waals surface area contributed by atoms with E-state index >= 15 is 0 Å². The maximum atomic E-state index is 11.5. The lowest BCUT2D eigenvalue weighted by Crippen LogP contribution is -2.30. The van der Waals surface area contributed by atoms with Crippen LogP contribution in [0.25, 0.3) is 11.0 Å². The molecule has 1 aromatic carbocycles. The third-order valence-electron chi connectivity index (χ3n) is 3.76. The number of thiocarbonyl (C=S) groups is 1. The van der Waals surface area contributed by atoms with Gasteiger partial charge in [-0.3, -0.25) is 4.98 Å². The zero-order chi connectivity index (χ0) is 17.1. The van der Waals surface area contributed by atoms with Crippen LogP contribution in [0.5, 0.6) is 0 Å². The van der Waals surface area contributed by atoms with Gasteiger partial charge in [0.2, 0.25) is 0 Å². The molecular formula is C18H17N3O2S. The van der Waals surface area contributed by atoms with Crippen molar-refractivity contribution in [2.45, 2.75) is 19.9 Å². The lowest BCUT2D eigenvalue weighted by atomic mass is 10.1. The number of fused-ring (bicyclic) bond motifs is 1. The van der Waals surface area contributed by atoms with E-state index in [4.69, 9.17) is 16.6 Å². The molecule has 0 aliphatic carbocycles. The van der Waals surface area contributed by atoms with Gasteiger partial charge in [-0.1, -0.05) is 0 Å². The van der Waals surface area contributed by atoms with Crippen LogP contribution in [0.4, 0.5) is 5.69 Å². The molecule has 2 aromatic heterocycles. The zero-order valence-electron chi connectivity index (χ0n) is 13.4. The van der Waals surface area contributed by atoms with Gasteiger partial charge in [0.15, 0.2) is 5.11 Å². The van der Waals surface area contributed by atoms with Crippen LogP contribution < -0.4 is 16.3 Å². The quantitative estimate of drug-likeness (QED) is 0.562. The number of hydrogen-bond donors (Lipinski definition) is 2. The van der Waals surface area contributed by atoms with Gasteiger partial charge in [0, 0.05) is 35.6 Å². The fourth-order valence-corrected chi connectivity index (χ4v) is 2.80. The average Bonchev–Trinajstić information content (AvgIpc) is 2.55. The molecule has 5 nitrogen and oxygen atoms in total. The molecule has 3 rings (SSSR count). The van der Waals surface area contributed by atoms with Crippen LogP contribution in [0.2, 0.25) is 0 Å². The summed E-state index contributed by atoms with van der Waals surface area (Å²) in [6.45, 7) is 3.90. The SMILES string of the molecule is Cc1cc(=O)oc2cc(NC(=S)N[C@H](C)c3ccncc3)ccc12. The molecule has 24 heavy (non-hydrogen) atoms. The highest BCUT2D eigenvalue weighted by atomic mass is 32.1. The molecule has 0 unspecified atom stereocenters. The number of nitrogens with zero attached hydrogens (tertiary/aromatic N) is 1. The predicted molar refractivity (Wildman–Crippen MR) is 99.2 cm³/mol. The van der Waals surface area contributed by atoms with Crippen molar-refractivity contribution >= 4 is 34.0 Å². The molecule has 0 saturated heterocycles. The topological polar surface area (TPSA) is 67.2 Å².